The molecule has 4 aromatic rings. The molecule has 0 radical (unpaired) electrons. The number of amides is 1. The molecule has 0 unspecified atom stereocenters. The van der Waals surface area contributed by atoms with Crippen LogP contribution in [0.25, 0.3) is 17.3 Å². The summed E-state index contributed by atoms with van der Waals surface area (Å²) in [4.78, 5) is 12.8. The van der Waals surface area contributed by atoms with Gasteiger partial charge < -0.3 is 9.73 Å². The molecule has 7 heteroatoms. The topological polar surface area (TPSA) is 85.8 Å². The van der Waals surface area contributed by atoms with Crippen LogP contribution >= 0.6 is 0 Å². The summed E-state index contributed by atoms with van der Waals surface area (Å²) in [5.41, 5.74) is 5.81. The van der Waals surface area contributed by atoms with Crippen LogP contribution in [0.1, 0.15) is 52.8 Å². The van der Waals surface area contributed by atoms with Gasteiger partial charge in [-0.15, -0.1) is 10.2 Å². The molecule has 1 N–H and O–H groups in total. The van der Waals surface area contributed by atoms with Gasteiger partial charge in [0.1, 0.15) is 5.69 Å². The smallest absolute Gasteiger partial charge is 0.268 e. The van der Waals surface area contributed by atoms with Gasteiger partial charge in [-0.3, -0.25) is 4.79 Å². The molecule has 0 atom stereocenters. The molecule has 162 valence electrons. The molecule has 1 aliphatic carbocycles. The SMILES string of the molecule is Cc1nnc(-c2cc(C(C)C)n(-c3ccc(C(=O)NC4Cc5ccccc5C4)cc3)n2)o1. The first-order valence-corrected chi connectivity index (χ1v) is 10.9. The lowest BCUT2D eigenvalue weighted by atomic mass is 10.1. The van der Waals surface area contributed by atoms with Gasteiger partial charge in [0.05, 0.1) is 5.69 Å². The number of carbonyl (C=O) groups excluding carboxylic acids is 1. The summed E-state index contributed by atoms with van der Waals surface area (Å²) in [5, 5.41) is 15.8. The first-order valence-electron chi connectivity index (χ1n) is 10.9. The van der Waals surface area contributed by atoms with Crippen molar-refractivity contribution in [2.75, 3.05) is 0 Å². The summed E-state index contributed by atoms with van der Waals surface area (Å²) >= 11 is 0. The van der Waals surface area contributed by atoms with E-state index in [1.807, 2.05) is 47.1 Å². The highest BCUT2D eigenvalue weighted by Gasteiger charge is 2.23. The van der Waals surface area contributed by atoms with Crippen LogP contribution in [0, 0.1) is 6.92 Å². The second-order valence-electron chi connectivity index (χ2n) is 8.54. The number of nitrogens with one attached hydrogen (secondary N) is 1. The number of aromatic nitrogens is 4. The van der Waals surface area contributed by atoms with Crippen molar-refractivity contribution in [2.24, 2.45) is 0 Å². The number of fused-ring (bicyclic) bond motifs is 1. The van der Waals surface area contributed by atoms with Crippen molar-refractivity contribution < 1.29 is 9.21 Å². The number of aryl methyl sites for hydroxylation is 1. The van der Waals surface area contributed by atoms with E-state index in [2.05, 4.69) is 46.6 Å². The molecule has 2 aromatic heterocycles. The van der Waals surface area contributed by atoms with E-state index in [4.69, 9.17) is 4.42 Å². The molecule has 5 rings (SSSR count). The molecule has 0 saturated heterocycles. The number of nitrogens with zero attached hydrogens (tertiary/aromatic N) is 4. The van der Waals surface area contributed by atoms with Gasteiger partial charge in [0.25, 0.3) is 11.8 Å². The zero-order valence-electron chi connectivity index (χ0n) is 18.4. The van der Waals surface area contributed by atoms with Crippen molar-refractivity contribution in [3.8, 4) is 17.3 Å². The average molecular weight is 428 g/mol. The van der Waals surface area contributed by atoms with E-state index in [1.54, 1.807) is 6.92 Å². The highest BCUT2D eigenvalue weighted by molar-refractivity contribution is 5.94. The third-order valence-corrected chi connectivity index (χ3v) is 5.83. The predicted molar refractivity (Wildman–Crippen MR) is 121 cm³/mol. The minimum atomic E-state index is -0.0547. The van der Waals surface area contributed by atoms with Crippen LogP contribution in [0.4, 0.5) is 0 Å². The minimum Gasteiger partial charge on any atom is -0.420 e. The molecule has 0 saturated carbocycles. The first kappa shape index (κ1) is 20.2. The Hall–Kier alpha value is -3.74. The van der Waals surface area contributed by atoms with Gasteiger partial charge in [0.15, 0.2) is 0 Å². The summed E-state index contributed by atoms with van der Waals surface area (Å²) < 4.78 is 7.41. The molecule has 1 amide bonds. The van der Waals surface area contributed by atoms with E-state index >= 15 is 0 Å². The van der Waals surface area contributed by atoms with Crippen LogP contribution in [0.3, 0.4) is 0 Å². The Kier molecular flexibility index (Phi) is 5.09. The molecule has 0 bridgehead atoms. The summed E-state index contributed by atoms with van der Waals surface area (Å²) in [6.45, 7) is 5.97. The first-order chi connectivity index (χ1) is 15.5. The number of hydrogen-bond acceptors (Lipinski definition) is 5. The maximum Gasteiger partial charge on any atom is 0.268 e. The second kappa shape index (κ2) is 8.07. The van der Waals surface area contributed by atoms with Gasteiger partial charge in [-0.2, -0.15) is 5.10 Å². The van der Waals surface area contributed by atoms with Crippen molar-refractivity contribution in [3.63, 3.8) is 0 Å². The maximum absolute atomic E-state index is 12.8. The van der Waals surface area contributed by atoms with E-state index in [0.29, 0.717) is 23.0 Å². The van der Waals surface area contributed by atoms with Crippen molar-refractivity contribution >= 4 is 5.91 Å². The molecule has 2 aromatic carbocycles. The lowest BCUT2D eigenvalue weighted by Crippen LogP contribution is -2.35. The van der Waals surface area contributed by atoms with E-state index in [1.165, 1.54) is 11.1 Å². The largest absolute Gasteiger partial charge is 0.420 e. The number of benzene rings is 2. The Morgan fingerprint density at radius 3 is 2.34 bits per heavy atom. The molecular formula is C25H25N5O2. The van der Waals surface area contributed by atoms with Gasteiger partial charge >= 0.3 is 0 Å². The van der Waals surface area contributed by atoms with Crippen LogP contribution in [0.15, 0.2) is 59.0 Å². The van der Waals surface area contributed by atoms with Crippen molar-refractivity contribution in [3.05, 3.63) is 82.9 Å². The standard InChI is InChI=1S/C25H25N5O2/c1-15(2)23-14-22(25-28-27-16(3)32-25)29-30(23)21-10-8-17(9-11-21)24(31)26-20-12-18-6-4-5-7-19(18)13-20/h4-11,14-15,20H,12-13H2,1-3H3,(H,26,31). The second-order valence-corrected chi connectivity index (χ2v) is 8.54. The Morgan fingerprint density at radius 1 is 1.06 bits per heavy atom. The minimum absolute atomic E-state index is 0.0547. The summed E-state index contributed by atoms with van der Waals surface area (Å²) in [5.74, 6) is 1.09. The number of rotatable bonds is 5. The molecule has 1 aliphatic rings. The van der Waals surface area contributed by atoms with Gasteiger partial charge in [0.2, 0.25) is 5.89 Å². The van der Waals surface area contributed by atoms with Crippen molar-refractivity contribution in [1.29, 1.82) is 0 Å². The Labute approximate surface area is 186 Å². The summed E-state index contributed by atoms with van der Waals surface area (Å²) in [6, 6.07) is 18.0. The van der Waals surface area contributed by atoms with E-state index < -0.39 is 0 Å². The molecule has 32 heavy (non-hydrogen) atoms. The number of carbonyl (C=O) groups is 1. The number of hydrogen-bond donors (Lipinski definition) is 1. The van der Waals surface area contributed by atoms with Gasteiger partial charge in [-0.05, 0) is 60.2 Å². The van der Waals surface area contributed by atoms with Crippen LogP contribution < -0.4 is 5.32 Å². The third-order valence-electron chi connectivity index (χ3n) is 5.83. The lowest BCUT2D eigenvalue weighted by molar-refractivity contribution is 0.0938. The highest BCUT2D eigenvalue weighted by atomic mass is 16.4. The molecule has 2 heterocycles. The molecule has 0 fully saturated rings. The van der Waals surface area contributed by atoms with Gasteiger partial charge in [0, 0.05) is 24.2 Å². The third kappa shape index (κ3) is 3.82. The zero-order chi connectivity index (χ0) is 22.2. The monoisotopic (exact) mass is 427 g/mol. The molecule has 0 aliphatic heterocycles. The molecule has 7 nitrogen and oxygen atoms in total. The molecular weight excluding hydrogens is 402 g/mol. The quantitative estimate of drug-likeness (QED) is 0.515. The van der Waals surface area contributed by atoms with E-state index in [9.17, 15) is 4.79 Å². The molecule has 0 spiro atoms. The van der Waals surface area contributed by atoms with Crippen LogP contribution in [-0.2, 0) is 12.8 Å². The van der Waals surface area contributed by atoms with Crippen LogP contribution in [0.5, 0.6) is 0 Å². The van der Waals surface area contributed by atoms with E-state index in [-0.39, 0.29) is 17.9 Å². The van der Waals surface area contributed by atoms with E-state index in [0.717, 1.165) is 24.2 Å². The summed E-state index contributed by atoms with van der Waals surface area (Å²) in [6.07, 6.45) is 1.76. The highest BCUT2D eigenvalue weighted by Crippen LogP contribution is 2.26. The predicted octanol–water partition coefficient (Wildman–Crippen LogP) is 4.25. The average Bonchev–Trinajstić information content (AvgIpc) is 3.51. The Balaban J connectivity index is 1.34. The van der Waals surface area contributed by atoms with Gasteiger partial charge in [-0.25, -0.2) is 4.68 Å². The maximum atomic E-state index is 12.8. The fourth-order valence-corrected chi connectivity index (χ4v) is 4.20. The lowest BCUT2D eigenvalue weighted by Gasteiger charge is -2.13. The fraction of sp³-hybridized carbons (Fsp3) is 0.280. The van der Waals surface area contributed by atoms with Crippen molar-refractivity contribution in [1.82, 2.24) is 25.3 Å². The fourth-order valence-electron chi connectivity index (χ4n) is 4.20. The Bertz CT molecular complexity index is 1240. The van der Waals surface area contributed by atoms with Crippen LogP contribution in [0.2, 0.25) is 0 Å². The van der Waals surface area contributed by atoms with Crippen LogP contribution in [-0.4, -0.2) is 31.9 Å². The van der Waals surface area contributed by atoms with Gasteiger partial charge in [-0.1, -0.05) is 38.1 Å². The normalized spacial score (nSPS) is 13.5. The zero-order valence-corrected chi connectivity index (χ0v) is 18.4. The Morgan fingerprint density at radius 2 is 1.75 bits per heavy atom. The summed E-state index contributed by atoms with van der Waals surface area (Å²) in [7, 11) is 0. The van der Waals surface area contributed by atoms with Crippen molar-refractivity contribution in [2.45, 2.75) is 45.6 Å².